The highest BCUT2D eigenvalue weighted by Gasteiger charge is 2.14. The summed E-state index contributed by atoms with van der Waals surface area (Å²) in [5.41, 5.74) is 1.32. The highest BCUT2D eigenvalue weighted by atomic mass is 19.3. The van der Waals surface area contributed by atoms with Gasteiger partial charge in [-0.25, -0.2) is 8.78 Å². The highest BCUT2D eigenvalue weighted by molar-refractivity contribution is 5.58. The molecule has 0 bridgehead atoms. The third-order valence-electron chi connectivity index (χ3n) is 3.10. The van der Waals surface area contributed by atoms with Crippen molar-refractivity contribution in [3.05, 3.63) is 63.7 Å². The van der Waals surface area contributed by atoms with Crippen LogP contribution in [0.15, 0.2) is 42.5 Å². The lowest BCUT2D eigenvalue weighted by molar-refractivity contribution is -0.385. The van der Waals surface area contributed by atoms with E-state index in [0.717, 1.165) is 5.56 Å². The molecule has 0 atom stereocenters. The Bertz CT molecular complexity index is 660. The number of rotatable bonds is 6. The Hall–Kier alpha value is -2.70. The summed E-state index contributed by atoms with van der Waals surface area (Å²) < 4.78 is 29.9. The first-order chi connectivity index (χ1) is 10.5. The van der Waals surface area contributed by atoms with Gasteiger partial charge in [0.2, 0.25) is 0 Å². The van der Waals surface area contributed by atoms with Crippen LogP contribution in [0.5, 0.6) is 5.75 Å². The van der Waals surface area contributed by atoms with E-state index in [2.05, 4.69) is 5.32 Å². The second kappa shape index (κ2) is 6.84. The molecule has 22 heavy (non-hydrogen) atoms. The Labute approximate surface area is 125 Å². The van der Waals surface area contributed by atoms with Gasteiger partial charge in [-0.05, 0) is 11.6 Å². The van der Waals surface area contributed by atoms with Crippen LogP contribution in [0.1, 0.15) is 17.6 Å². The minimum absolute atomic E-state index is 0.0271. The van der Waals surface area contributed by atoms with Gasteiger partial charge in [-0.3, -0.25) is 10.1 Å². The summed E-state index contributed by atoms with van der Waals surface area (Å²) in [7, 11) is 1.36. The van der Waals surface area contributed by atoms with Gasteiger partial charge in [0.05, 0.1) is 12.0 Å². The summed E-state index contributed by atoms with van der Waals surface area (Å²) in [5, 5.41) is 13.9. The van der Waals surface area contributed by atoms with Crippen LogP contribution in [-0.2, 0) is 6.54 Å². The van der Waals surface area contributed by atoms with Gasteiger partial charge in [0.1, 0.15) is 0 Å². The lowest BCUT2D eigenvalue weighted by atomic mass is 10.1. The van der Waals surface area contributed by atoms with Gasteiger partial charge in [-0.15, -0.1) is 0 Å². The fourth-order valence-electron chi connectivity index (χ4n) is 1.92. The highest BCUT2D eigenvalue weighted by Crippen LogP contribution is 2.29. The molecular formula is C15H14F2N2O3. The molecular weight excluding hydrogens is 294 g/mol. The van der Waals surface area contributed by atoms with Crippen molar-refractivity contribution in [2.75, 3.05) is 12.4 Å². The molecule has 2 rings (SSSR count). The molecule has 0 amide bonds. The zero-order chi connectivity index (χ0) is 16.1. The molecule has 2 aromatic carbocycles. The molecule has 0 spiro atoms. The topological polar surface area (TPSA) is 64.4 Å². The quantitative estimate of drug-likeness (QED) is 0.643. The molecule has 5 nitrogen and oxygen atoms in total. The molecule has 116 valence electrons. The average Bonchev–Trinajstić information content (AvgIpc) is 2.52. The maximum atomic E-state index is 12.5. The van der Waals surface area contributed by atoms with E-state index in [1.807, 2.05) is 0 Å². The van der Waals surface area contributed by atoms with Crippen molar-refractivity contribution < 1.29 is 18.4 Å². The normalized spacial score (nSPS) is 10.5. The van der Waals surface area contributed by atoms with E-state index in [-0.39, 0.29) is 17.0 Å². The van der Waals surface area contributed by atoms with Crippen LogP contribution < -0.4 is 10.1 Å². The Kier molecular flexibility index (Phi) is 4.88. The number of nitrogens with zero attached hydrogens (tertiary/aromatic N) is 1. The van der Waals surface area contributed by atoms with Crippen molar-refractivity contribution in [1.82, 2.24) is 0 Å². The van der Waals surface area contributed by atoms with E-state index < -0.39 is 11.3 Å². The second-order valence-electron chi connectivity index (χ2n) is 4.54. The molecule has 7 heteroatoms. The molecule has 0 saturated heterocycles. The fraction of sp³-hybridized carbons (Fsp3) is 0.200. The van der Waals surface area contributed by atoms with Crippen molar-refractivity contribution in [2.24, 2.45) is 0 Å². The van der Waals surface area contributed by atoms with Crippen molar-refractivity contribution in [3.8, 4) is 5.75 Å². The molecule has 2 aromatic rings. The van der Waals surface area contributed by atoms with E-state index in [4.69, 9.17) is 4.74 Å². The molecule has 0 saturated carbocycles. The number of nitro benzene ring substituents is 1. The number of halogens is 2. The van der Waals surface area contributed by atoms with Gasteiger partial charge in [0, 0.05) is 29.9 Å². The standard InChI is InChI=1S/C15H14F2N2O3/c1-22-14-8-12(6-7-13(14)19(20)21)18-9-10-2-4-11(5-3-10)15(16)17/h2-8,15,18H,9H2,1H3. The number of hydrogen-bond donors (Lipinski definition) is 1. The van der Waals surface area contributed by atoms with Gasteiger partial charge in [0.15, 0.2) is 5.75 Å². The summed E-state index contributed by atoms with van der Waals surface area (Å²) in [6, 6.07) is 10.4. The van der Waals surface area contributed by atoms with Crippen LogP contribution in [0.4, 0.5) is 20.2 Å². The minimum atomic E-state index is -2.49. The van der Waals surface area contributed by atoms with Crippen molar-refractivity contribution in [3.63, 3.8) is 0 Å². The van der Waals surface area contributed by atoms with E-state index in [1.54, 1.807) is 18.2 Å². The van der Waals surface area contributed by atoms with E-state index in [1.165, 1.54) is 31.4 Å². The van der Waals surface area contributed by atoms with Crippen LogP contribution in [0.3, 0.4) is 0 Å². The van der Waals surface area contributed by atoms with Crippen molar-refractivity contribution >= 4 is 11.4 Å². The van der Waals surface area contributed by atoms with Gasteiger partial charge >= 0.3 is 5.69 Å². The smallest absolute Gasteiger partial charge is 0.311 e. The van der Waals surface area contributed by atoms with Crippen LogP contribution in [-0.4, -0.2) is 12.0 Å². The molecule has 0 radical (unpaired) electrons. The third-order valence-corrected chi connectivity index (χ3v) is 3.10. The summed E-state index contributed by atoms with van der Waals surface area (Å²) in [4.78, 5) is 10.3. The zero-order valence-electron chi connectivity index (χ0n) is 11.8. The maximum absolute atomic E-state index is 12.5. The number of hydrogen-bond acceptors (Lipinski definition) is 4. The van der Waals surface area contributed by atoms with Gasteiger partial charge < -0.3 is 10.1 Å². The average molecular weight is 308 g/mol. The van der Waals surface area contributed by atoms with Crippen LogP contribution >= 0.6 is 0 Å². The Morgan fingerprint density at radius 3 is 2.45 bits per heavy atom. The van der Waals surface area contributed by atoms with Crippen LogP contribution in [0.25, 0.3) is 0 Å². The lowest BCUT2D eigenvalue weighted by Gasteiger charge is -2.09. The number of nitro groups is 1. The number of anilines is 1. The predicted molar refractivity (Wildman–Crippen MR) is 78.4 cm³/mol. The van der Waals surface area contributed by atoms with Gasteiger partial charge in [-0.1, -0.05) is 24.3 Å². The third kappa shape index (κ3) is 3.69. The zero-order valence-corrected chi connectivity index (χ0v) is 11.8. The molecule has 0 heterocycles. The predicted octanol–water partition coefficient (Wildman–Crippen LogP) is 4.15. The molecule has 0 unspecified atom stereocenters. The summed E-state index contributed by atoms with van der Waals surface area (Å²) in [5.74, 6) is 0.156. The Balaban J connectivity index is 2.06. The van der Waals surface area contributed by atoms with Crippen LogP contribution in [0, 0.1) is 10.1 Å². The van der Waals surface area contributed by atoms with Crippen molar-refractivity contribution in [2.45, 2.75) is 13.0 Å². The summed E-state index contributed by atoms with van der Waals surface area (Å²) >= 11 is 0. The Morgan fingerprint density at radius 1 is 1.23 bits per heavy atom. The molecule has 0 aliphatic heterocycles. The van der Waals surface area contributed by atoms with Crippen molar-refractivity contribution in [1.29, 1.82) is 0 Å². The number of methoxy groups -OCH3 is 1. The van der Waals surface area contributed by atoms with Gasteiger partial charge in [0.25, 0.3) is 6.43 Å². The molecule has 0 fully saturated rings. The second-order valence-corrected chi connectivity index (χ2v) is 4.54. The first-order valence-corrected chi connectivity index (χ1v) is 6.44. The number of nitrogens with one attached hydrogen (secondary N) is 1. The van der Waals surface area contributed by atoms with E-state index in [0.29, 0.717) is 12.2 Å². The minimum Gasteiger partial charge on any atom is -0.490 e. The van der Waals surface area contributed by atoms with E-state index >= 15 is 0 Å². The largest absolute Gasteiger partial charge is 0.490 e. The summed E-state index contributed by atoms with van der Waals surface area (Å²) in [6.45, 7) is 0.407. The molecule has 0 aliphatic carbocycles. The van der Waals surface area contributed by atoms with E-state index in [9.17, 15) is 18.9 Å². The lowest BCUT2D eigenvalue weighted by Crippen LogP contribution is -2.01. The SMILES string of the molecule is COc1cc(NCc2ccc(C(F)F)cc2)ccc1[N+](=O)[O-]. The number of ether oxygens (including phenoxy) is 1. The monoisotopic (exact) mass is 308 g/mol. The molecule has 0 aliphatic rings. The number of alkyl halides is 2. The molecule has 1 N–H and O–H groups in total. The fourth-order valence-corrected chi connectivity index (χ4v) is 1.92. The molecule has 0 aromatic heterocycles. The Morgan fingerprint density at radius 2 is 1.91 bits per heavy atom. The van der Waals surface area contributed by atoms with Crippen LogP contribution in [0.2, 0.25) is 0 Å². The number of benzene rings is 2. The maximum Gasteiger partial charge on any atom is 0.311 e. The first-order valence-electron chi connectivity index (χ1n) is 6.44. The summed E-state index contributed by atoms with van der Waals surface area (Å²) in [6.07, 6.45) is -2.49. The first kappa shape index (κ1) is 15.7. The van der Waals surface area contributed by atoms with Gasteiger partial charge in [-0.2, -0.15) is 0 Å².